The lowest BCUT2D eigenvalue weighted by atomic mass is 10.2. The second-order valence-corrected chi connectivity index (χ2v) is 7.07. The average Bonchev–Trinajstić information content (AvgIpc) is 3.06. The maximum absolute atomic E-state index is 5.97. The summed E-state index contributed by atoms with van der Waals surface area (Å²) in [5, 5.41) is 3.48. The van der Waals surface area contributed by atoms with E-state index >= 15 is 0 Å². The van der Waals surface area contributed by atoms with E-state index in [9.17, 15) is 0 Å². The summed E-state index contributed by atoms with van der Waals surface area (Å²) in [5.74, 6) is 1.68. The predicted molar refractivity (Wildman–Crippen MR) is 101 cm³/mol. The van der Waals surface area contributed by atoms with Crippen LogP contribution in [0.25, 0.3) is 0 Å². The Morgan fingerprint density at radius 1 is 1.08 bits per heavy atom. The lowest BCUT2D eigenvalue weighted by Crippen LogP contribution is -2.13. The Bertz CT molecular complexity index is 802. The molecule has 0 aliphatic heterocycles. The molecule has 5 heteroatoms. The molecule has 0 saturated heterocycles. The minimum Gasteiger partial charge on any atom is -0.497 e. The third-order valence-corrected chi connectivity index (χ3v) is 4.78. The van der Waals surface area contributed by atoms with Gasteiger partial charge in [-0.25, -0.2) is 0 Å². The summed E-state index contributed by atoms with van der Waals surface area (Å²) in [5.41, 5.74) is 1.98. The standard InChI is InChI=1S/C20H22N2O2S/c1-15-6-8-19(25-15)13-21-12-16-11-18(23-2)7-9-20(16)24-14-17-5-3-4-10-22-17/h3-11,21H,12-14H2,1-2H3. The largest absolute Gasteiger partial charge is 0.497 e. The van der Waals surface area contributed by atoms with Gasteiger partial charge in [0.15, 0.2) is 0 Å². The van der Waals surface area contributed by atoms with Gasteiger partial charge >= 0.3 is 0 Å². The third-order valence-electron chi connectivity index (χ3n) is 3.78. The van der Waals surface area contributed by atoms with E-state index in [2.05, 4.69) is 29.4 Å². The number of nitrogens with zero attached hydrogens (tertiary/aromatic N) is 1. The zero-order chi connectivity index (χ0) is 17.5. The number of aromatic nitrogens is 1. The lowest BCUT2D eigenvalue weighted by molar-refractivity contribution is 0.296. The van der Waals surface area contributed by atoms with E-state index in [-0.39, 0.29) is 0 Å². The fourth-order valence-corrected chi connectivity index (χ4v) is 3.36. The molecule has 0 bridgehead atoms. The second-order valence-electron chi connectivity index (χ2n) is 5.70. The smallest absolute Gasteiger partial charge is 0.130 e. The monoisotopic (exact) mass is 354 g/mol. The van der Waals surface area contributed by atoms with E-state index in [0.29, 0.717) is 13.2 Å². The lowest BCUT2D eigenvalue weighted by Gasteiger charge is -2.13. The van der Waals surface area contributed by atoms with Crippen LogP contribution in [0.5, 0.6) is 11.5 Å². The van der Waals surface area contributed by atoms with Crippen molar-refractivity contribution in [3.05, 3.63) is 75.7 Å². The number of rotatable bonds is 8. The van der Waals surface area contributed by atoms with Gasteiger partial charge in [-0.3, -0.25) is 4.98 Å². The second kappa shape index (κ2) is 8.65. The first-order valence-electron chi connectivity index (χ1n) is 8.20. The van der Waals surface area contributed by atoms with Crippen molar-refractivity contribution in [3.8, 4) is 11.5 Å². The van der Waals surface area contributed by atoms with E-state index in [1.54, 1.807) is 13.3 Å². The molecule has 0 aliphatic rings. The Morgan fingerprint density at radius 2 is 2.00 bits per heavy atom. The van der Waals surface area contributed by atoms with Crippen LogP contribution >= 0.6 is 11.3 Å². The van der Waals surface area contributed by atoms with Crippen LogP contribution in [0.2, 0.25) is 0 Å². The van der Waals surface area contributed by atoms with Gasteiger partial charge in [-0.1, -0.05) is 6.07 Å². The summed E-state index contributed by atoms with van der Waals surface area (Å²) in [7, 11) is 1.68. The molecule has 0 atom stereocenters. The number of thiophene rings is 1. The highest BCUT2D eigenvalue weighted by molar-refractivity contribution is 7.11. The summed E-state index contributed by atoms with van der Waals surface area (Å²) in [4.78, 5) is 6.96. The molecule has 0 aliphatic carbocycles. The van der Waals surface area contributed by atoms with Crippen molar-refractivity contribution >= 4 is 11.3 Å². The molecule has 0 spiro atoms. The first kappa shape index (κ1) is 17.5. The van der Waals surface area contributed by atoms with Gasteiger partial charge < -0.3 is 14.8 Å². The van der Waals surface area contributed by atoms with Crippen LogP contribution in [-0.2, 0) is 19.7 Å². The normalized spacial score (nSPS) is 10.6. The van der Waals surface area contributed by atoms with Crippen molar-refractivity contribution in [1.82, 2.24) is 10.3 Å². The molecule has 0 fully saturated rings. The maximum atomic E-state index is 5.97. The number of hydrogen-bond acceptors (Lipinski definition) is 5. The van der Waals surface area contributed by atoms with Crippen LogP contribution in [-0.4, -0.2) is 12.1 Å². The number of nitrogens with one attached hydrogen (secondary N) is 1. The SMILES string of the molecule is COc1ccc(OCc2ccccn2)c(CNCc2ccc(C)s2)c1. The van der Waals surface area contributed by atoms with Gasteiger partial charge in [0.05, 0.1) is 12.8 Å². The Morgan fingerprint density at radius 3 is 2.72 bits per heavy atom. The molecule has 4 nitrogen and oxygen atoms in total. The van der Waals surface area contributed by atoms with Gasteiger partial charge in [0.2, 0.25) is 0 Å². The number of methoxy groups -OCH3 is 1. The number of pyridine rings is 1. The van der Waals surface area contributed by atoms with Gasteiger partial charge in [0.25, 0.3) is 0 Å². The summed E-state index contributed by atoms with van der Waals surface area (Å²) < 4.78 is 11.3. The molecule has 0 amide bonds. The molecule has 3 rings (SSSR count). The van der Waals surface area contributed by atoms with E-state index < -0.39 is 0 Å². The number of aryl methyl sites for hydroxylation is 1. The zero-order valence-electron chi connectivity index (χ0n) is 14.5. The van der Waals surface area contributed by atoms with Gasteiger partial charge in [-0.2, -0.15) is 0 Å². The maximum Gasteiger partial charge on any atom is 0.130 e. The summed E-state index contributed by atoms with van der Waals surface area (Å²) in [6.45, 7) is 4.13. The number of hydrogen-bond donors (Lipinski definition) is 1. The Labute approximate surface area is 152 Å². The van der Waals surface area contributed by atoms with Crippen LogP contribution in [0.15, 0.2) is 54.7 Å². The van der Waals surface area contributed by atoms with Crippen molar-refractivity contribution < 1.29 is 9.47 Å². The van der Waals surface area contributed by atoms with Crippen molar-refractivity contribution in [3.63, 3.8) is 0 Å². The van der Waals surface area contributed by atoms with E-state index in [4.69, 9.17) is 9.47 Å². The molecular formula is C20H22N2O2S. The van der Waals surface area contributed by atoms with E-state index in [0.717, 1.165) is 29.3 Å². The molecule has 2 heterocycles. The highest BCUT2D eigenvalue weighted by Gasteiger charge is 2.07. The first-order valence-corrected chi connectivity index (χ1v) is 9.02. The average molecular weight is 354 g/mol. The molecule has 2 aromatic heterocycles. The van der Waals surface area contributed by atoms with Crippen molar-refractivity contribution in [2.45, 2.75) is 26.6 Å². The van der Waals surface area contributed by atoms with Crippen LogP contribution in [0.1, 0.15) is 21.0 Å². The topological polar surface area (TPSA) is 43.4 Å². The zero-order valence-corrected chi connectivity index (χ0v) is 15.3. The summed E-state index contributed by atoms with van der Waals surface area (Å²) >= 11 is 1.82. The van der Waals surface area contributed by atoms with E-state index in [1.807, 2.05) is 47.7 Å². The van der Waals surface area contributed by atoms with Gasteiger partial charge in [0.1, 0.15) is 18.1 Å². The minimum atomic E-state index is 0.449. The molecule has 25 heavy (non-hydrogen) atoms. The van der Waals surface area contributed by atoms with Crippen molar-refractivity contribution in [2.24, 2.45) is 0 Å². The molecular weight excluding hydrogens is 332 g/mol. The van der Waals surface area contributed by atoms with Gasteiger partial charge in [-0.05, 0) is 49.4 Å². The Kier molecular flexibility index (Phi) is 6.04. The fraction of sp³-hybridized carbons (Fsp3) is 0.250. The van der Waals surface area contributed by atoms with Crippen molar-refractivity contribution in [2.75, 3.05) is 7.11 Å². The first-order chi connectivity index (χ1) is 12.2. The van der Waals surface area contributed by atoms with Gasteiger partial charge in [-0.15, -0.1) is 11.3 Å². The Hall–Kier alpha value is -2.37. The molecule has 3 aromatic rings. The molecule has 0 unspecified atom stereocenters. The highest BCUT2D eigenvalue weighted by atomic mass is 32.1. The molecule has 1 aromatic carbocycles. The predicted octanol–water partition coefficient (Wildman–Crippen LogP) is 4.33. The third kappa shape index (κ3) is 5.05. The van der Waals surface area contributed by atoms with Crippen LogP contribution in [0.3, 0.4) is 0 Å². The molecule has 0 radical (unpaired) electrons. The van der Waals surface area contributed by atoms with E-state index in [1.165, 1.54) is 9.75 Å². The quantitative estimate of drug-likeness (QED) is 0.654. The molecule has 1 N–H and O–H groups in total. The van der Waals surface area contributed by atoms with Crippen molar-refractivity contribution in [1.29, 1.82) is 0 Å². The van der Waals surface area contributed by atoms with Crippen LogP contribution in [0, 0.1) is 6.92 Å². The highest BCUT2D eigenvalue weighted by Crippen LogP contribution is 2.25. The Balaban J connectivity index is 1.65. The molecule has 0 saturated carbocycles. The minimum absolute atomic E-state index is 0.449. The summed E-state index contributed by atoms with van der Waals surface area (Å²) in [6.07, 6.45) is 1.78. The molecule has 130 valence electrons. The number of ether oxygens (including phenoxy) is 2. The van der Waals surface area contributed by atoms with Gasteiger partial charge in [0, 0.05) is 34.6 Å². The van der Waals surface area contributed by atoms with Crippen LogP contribution < -0.4 is 14.8 Å². The van der Waals surface area contributed by atoms with Crippen LogP contribution in [0.4, 0.5) is 0 Å². The summed E-state index contributed by atoms with van der Waals surface area (Å²) in [6, 6.07) is 16.0. The number of benzene rings is 1. The fourth-order valence-electron chi connectivity index (χ4n) is 2.50.